The Balaban J connectivity index is 1.32. The normalized spacial score (nSPS) is 31.9. The van der Waals surface area contributed by atoms with Crippen LogP contribution in [0.25, 0.3) is 6.08 Å². The van der Waals surface area contributed by atoms with E-state index in [0.29, 0.717) is 34.0 Å². The van der Waals surface area contributed by atoms with Crippen LogP contribution in [0.2, 0.25) is 0 Å². The predicted molar refractivity (Wildman–Crippen MR) is 123 cm³/mol. The molecule has 1 saturated heterocycles. The fourth-order valence-electron chi connectivity index (χ4n) is 6.18. The van der Waals surface area contributed by atoms with Gasteiger partial charge in [-0.25, -0.2) is 4.79 Å². The molecule has 0 atom stereocenters. The Labute approximate surface area is 195 Å². The van der Waals surface area contributed by atoms with E-state index in [1.165, 1.54) is 24.3 Å². The third kappa shape index (κ3) is 3.92. The Bertz CT molecular complexity index is 1000. The van der Waals surface area contributed by atoms with Crippen molar-refractivity contribution in [1.29, 1.82) is 0 Å². The number of nitrogens with one attached hydrogen (secondary N) is 1. The van der Waals surface area contributed by atoms with Crippen molar-refractivity contribution in [3.8, 4) is 5.75 Å². The number of thiocarbonyl (C=S) groups is 1. The predicted octanol–water partition coefficient (Wildman–Crippen LogP) is 3.60. The number of nitrogens with zero attached hydrogens (tertiary/aromatic N) is 1. The summed E-state index contributed by atoms with van der Waals surface area (Å²) in [4.78, 5) is 37.6. The molecule has 1 aliphatic heterocycles. The molecule has 4 aliphatic carbocycles. The molecule has 7 nitrogen and oxygen atoms in total. The Morgan fingerprint density at radius 1 is 1.19 bits per heavy atom. The quantitative estimate of drug-likeness (QED) is 0.482. The standard InChI is InChI=1S/C23H24N2O5S2/c26-19(27)12-30-17-4-2-1-3-16(17)8-18-20(28)25(22(31)32-18)24-21(29)23-9-13-5-14(10-23)7-15(6-13)11-23/h1-4,8,13-15H,5-7,9-12H2,(H,24,29)(H,26,27)/b18-8+. The number of carboxylic acid groups (broad SMARTS) is 1. The molecule has 168 valence electrons. The third-order valence-corrected chi connectivity index (χ3v) is 8.39. The van der Waals surface area contributed by atoms with E-state index in [2.05, 4.69) is 5.43 Å². The number of para-hydroxylation sites is 1. The van der Waals surface area contributed by atoms with Crippen molar-refractivity contribution in [3.05, 3.63) is 34.7 Å². The Kier molecular flexibility index (Phi) is 5.49. The van der Waals surface area contributed by atoms with Crippen LogP contribution in [0.15, 0.2) is 29.2 Å². The summed E-state index contributed by atoms with van der Waals surface area (Å²) in [5.74, 6) is 0.683. The van der Waals surface area contributed by atoms with Crippen molar-refractivity contribution in [2.45, 2.75) is 38.5 Å². The van der Waals surface area contributed by atoms with Crippen molar-refractivity contribution in [2.75, 3.05) is 6.61 Å². The van der Waals surface area contributed by atoms with Gasteiger partial charge in [-0.1, -0.05) is 30.0 Å². The minimum absolute atomic E-state index is 0.0839. The minimum atomic E-state index is -1.08. The number of ether oxygens (including phenoxy) is 1. The molecular formula is C23H24N2O5S2. The van der Waals surface area contributed by atoms with Gasteiger partial charge in [-0.15, -0.1) is 0 Å². The van der Waals surface area contributed by atoms with Crippen LogP contribution >= 0.6 is 24.0 Å². The topological polar surface area (TPSA) is 95.9 Å². The van der Waals surface area contributed by atoms with Crippen molar-refractivity contribution in [2.24, 2.45) is 23.2 Å². The van der Waals surface area contributed by atoms with Gasteiger partial charge in [0, 0.05) is 5.56 Å². The molecule has 6 rings (SSSR count). The zero-order valence-electron chi connectivity index (χ0n) is 17.4. The van der Waals surface area contributed by atoms with E-state index in [9.17, 15) is 14.4 Å². The van der Waals surface area contributed by atoms with Gasteiger partial charge in [-0.05, 0) is 80.6 Å². The molecule has 9 heteroatoms. The van der Waals surface area contributed by atoms with Gasteiger partial charge in [-0.2, -0.15) is 5.01 Å². The molecular weight excluding hydrogens is 448 g/mol. The van der Waals surface area contributed by atoms with E-state index in [4.69, 9.17) is 22.1 Å². The zero-order chi connectivity index (χ0) is 22.5. The molecule has 5 fully saturated rings. The summed E-state index contributed by atoms with van der Waals surface area (Å²) < 4.78 is 5.60. The molecule has 1 heterocycles. The number of hydrogen-bond acceptors (Lipinski definition) is 6. The lowest BCUT2D eigenvalue weighted by Crippen LogP contribution is -2.57. The first-order chi connectivity index (χ1) is 15.3. The number of carbonyl (C=O) groups excluding carboxylic acids is 2. The molecule has 0 aromatic heterocycles. The summed E-state index contributed by atoms with van der Waals surface area (Å²) in [6, 6.07) is 6.88. The van der Waals surface area contributed by atoms with E-state index < -0.39 is 12.6 Å². The van der Waals surface area contributed by atoms with E-state index in [1.807, 2.05) is 0 Å². The highest BCUT2D eigenvalue weighted by atomic mass is 32.2. The lowest BCUT2D eigenvalue weighted by atomic mass is 9.49. The van der Waals surface area contributed by atoms with Crippen LogP contribution in [-0.2, 0) is 14.4 Å². The van der Waals surface area contributed by atoms with Crippen molar-refractivity contribution in [1.82, 2.24) is 10.4 Å². The fourth-order valence-corrected chi connectivity index (χ4v) is 7.36. The Morgan fingerprint density at radius 2 is 1.81 bits per heavy atom. The smallest absolute Gasteiger partial charge is 0.341 e. The second kappa shape index (κ2) is 8.19. The SMILES string of the molecule is O=C(O)COc1ccccc1/C=C1/SC(=S)N(NC(=O)C23CC4CC(CC(C4)C2)C3)C1=O. The van der Waals surface area contributed by atoms with Crippen LogP contribution in [0.3, 0.4) is 0 Å². The van der Waals surface area contributed by atoms with Gasteiger partial charge in [0.25, 0.3) is 5.91 Å². The molecule has 2 amide bonds. The molecule has 32 heavy (non-hydrogen) atoms. The number of amides is 2. The van der Waals surface area contributed by atoms with E-state index >= 15 is 0 Å². The summed E-state index contributed by atoms with van der Waals surface area (Å²) >= 11 is 6.51. The van der Waals surface area contributed by atoms with E-state index in [-0.39, 0.29) is 21.5 Å². The maximum atomic E-state index is 13.3. The van der Waals surface area contributed by atoms with Gasteiger partial charge >= 0.3 is 5.97 Å². The number of hydrogen-bond donors (Lipinski definition) is 2. The Morgan fingerprint density at radius 3 is 2.44 bits per heavy atom. The molecule has 4 bridgehead atoms. The molecule has 2 N–H and O–H groups in total. The van der Waals surface area contributed by atoms with Crippen molar-refractivity contribution >= 4 is 52.2 Å². The lowest BCUT2D eigenvalue weighted by Gasteiger charge is -2.55. The van der Waals surface area contributed by atoms with Gasteiger partial charge in [0.2, 0.25) is 5.91 Å². The zero-order valence-corrected chi connectivity index (χ0v) is 19.0. The second-order valence-corrected chi connectivity index (χ2v) is 11.1. The number of aliphatic carboxylic acids is 1. The Hall–Kier alpha value is -2.39. The third-order valence-electron chi connectivity index (χ3n) is 7.08. The van der Waals surface area contributed by atoms with Crippen LogP contribution in [0, 0.1) is 23.2 Å². The first-order valence-corrected chi connectivity index (χ1v) is 12.1. The fraction of sp³-hybridized carbons (Fsp3) is 0.478. The van der Waals surface area contributed by atoms with Crippen LogP contribution in [0.4, 0.5) is 0 Å². The van der Waals surface area contributed by atoms with Gasteiger partial charge in [0.15, 0.2) is 10.9 Å². The summed E-state index contributed by atoms with van der Waals surface area (Å²) in [5, 5.41) is 10.1. The molecule has 0 spiro atoms. The number of thioether (sulfide) groups is 1. The first-order valence-electron chi connectivity index (χ1n) is 10.9. The van der Waals surface area contributed by atoms with Crippen LogP contribution in [0.1, 0.15) is 44.1 Å². The first kappa shape index (κ1) is 21.5. The van der Waals surface area contributed by atoms with Gasteiger partial charge in [0.1, 0.15) is 5.75 Å². The highest BCUT2D eigenvalue weighted by Gasteiger charge is 2.55. The van der Waals surface area contributed by atoms with Gasteiger partial charge < -0.3 is 9.84 Å². The highest BCUT2D eigenvalue weighted by Crippen LogP contribution is 2.60. The number of hydrazine groups is 1. The van der Waals surface area contributed by atoms with E-state index in [1.54, 1.807) is 30.3 Å². The molecule has 0 unspecified atom stereocenters. The summed E-state index contributed by atoms with van der Waals surface area (Å²) in [6.45, 7) is -0.479. The molecule has 0 radical (unpaired) electrons. The van der Waals surface area contributed by atoms with Gasteiger partial charge in [-0.3, -0.25) is 15.0 Å². The van der Waals surface area contributed by atoms with Gasteiger partial charge in [0.05, 0.1) is 10.3 Å². The van der Waals surface area contributed by atoms with Crippen molar-refractivity contribution in [3.63, 3.8) is 0 Å². The average Bonchev–Trinajstić information content (AvgIpc) is 2.99. The number of carbonyl (C=O) groups is 3. The summed E-state index contributed by atoms with van der Waals surface area (Å²) in [7, 11) is 0. The maximum Gasteiger partial charge on any atom is 0.341 e. The molecule has 4 saturated carbocycles. The second-order valence-electron chi connectivity index (χ2n) is 9.38. The molecule has 1 aromatic carbocycles. The summed E-state index contributed by atoms with van der Waals surface area (Å²) in [5.41, 5.74) is 3.03. The monoisotopic (exact) mass is 472 g/mol. The minimum Gasteiger partial charge on any atom is -0.481 e. The highest BCUT2D eigenvalue weighted by molar-refractivity contribution is 8.26. The number of benzene rings is 1. The maximum absolute atomic E-state index is 13.3. The lowest BCUT2D eigenvalue weighted by molar-refractivity contribution is -0.152. The largest absolute Gasteiger partial charge is 0.481 e. The van der Waals surface area contributed by atoms with Crippen LogP contribution < -0.4 is 10.2 Å². The summed E-state index contributed by atoms with van der Waals surface area (Å²) in [6.07, 6.45) is 8.05. The number of carboxylic acids is 1. The molecule has 1 aromatic rings. The van der Waals surface area contributed by atoms with Crippen molar-refractivity contribution < 1.29 is 24.2 Å². The molecule has 5 aliphatic rings. The van der Waals surface area contributed by atoms with E-state index in [0.717, 1.165) is 31.0 Å². The van der Waals surface area contributed by atoms with Crippen LogP contribution in [0.5, 0.6) is 5.75 Å². The average molecular weight is 473 g/mol. The van der Waals surface area contributed by atoms with Crippen LogP contribution in [-0.4, -0.2) is 38.8 Å². The number of rotatable bonds is 6.